The normalized spacial score (nSPS) is 11.7. The van der Waals surface area contributed by atoms with E-state index < -0.39 is 0 Å². The molecule has 0 saturated carbocycles. The maximum atomic E-state index is 6.08. The Labute approximate surface area is 119 Å². The third-order valence-electron chi connectivity index (χ3n) is 3.66. The summed E-state index contributed by atoms with van der Waals surface area (Å²) >= 11 is 3.67. The van der Waals surface area contributed by atoms with Crippen molar-refractivity contribution in [2.75, 3.05) is 0 Å². The molecule has 0 amide bonds. The minimum Gasteiger partial charge on any atom is -0.455 e. The van der Waals surface area contributed by atoms with Gasteiger partial charge in [-0.3, -0.25) is 0 Å². The van der Waals surface area contributed by atoms with Crippen LogP contribution in [0.25, 0.3) is 32.7 Å². The van der Waals surface area contributed by atoms with Gasteiger partial charge < -0.3 is 4.42 Å². The van der Waals surface area contributed by atoms with E-state index in [0.29, 0.717) is 0 Å². The third-order valence-corrected chi connectivity index (χ3v) is 4.32. The van der Waals surface area contributed by atoms with E-state index in [0.717, 1.165) is 21.0 Å². The highest BCUT2D eigenvalue weighted by atomic mass is 79.9. The molecule has 0 saturated heterocycles. The summed E-state index contributed by atoms with van der Waals surface area (Å²) < 4.78 is 7.19. The molecule has 4 aromatic rings. The third kappa shape index (κ3) is 1.47. The maximum absolute atomic E-state index is 6.08. The SMILES string of the molecule is Cc1cccc2oc3c4ccccc4c(Br)cc3c12. The zero-order valence-electron chi connectivity index (χ0n) is 10.4. The summed E-state index contributed by atoms with van der Waals surface area (Å²) in [5.41, 5.74) is 3.18. The molecule has 3 aromatic carbocycles. The first-order valence-electron chi connectivity index (χ1n) is 6.25. The van der Waals surface area contributed by atoms with Crippen LogP contribution in [0.4, 0.5) is 0 Å². The highest BCUT2D eigenvalue weighted by molar-refractivity contribution is 9.10. The number of benzene rings is 3. The fourth-order valence-electron chi connectivity index (χ4n) is 2.78. The predicted molar refractivity (Wildman–Crippen MR) is 83.7 cm³/mol. The zero-order valence-corrected chi connectivity index (χ0v) is 12.0. The second-order valence-corrected chi connectivity index (χ2v) is 5.69. The van der Waals surface area contributed by atoms with Crippen LogP contribution in [-0.4, -0.2) is 0 Å². The van der Waals surface area contributed by atoms with Gasteiger partial charge in [-0.05, 0) is 30.0 Å². The van der Waals surface area contributed by atoms with Crippen LogP contribution >= 0.6 is 15.9 Å². The topological polar surface area (TPSA) is 13.1 Å². The number of aryl methyl sites for hydroxylation is 1. The molecule has 4 rings (SSSR count). The van der Waals surface area contributed by atoms with Gasteiger partial charge in [0.1, 0.15) is 11.2 Å². The molecule has 0 radical (unpaired) electrons. The average Bonchev–Trinajstić information content (AvgIpc) is 2.79. The van der Waals surface area contributed by atoms with Gasteiger partial charge in [0, 0.05) is 20.6 Å². The molecule has 0 unspecified atom stereocenters. The Morgan fingerprint density at radius 3 is 2.53 bits per heavy atom. The highest BCUT2D eigenvalue weighted by Crippen LogP contribution is 2.38. The van der Waals surface area contributed by atoms with Gasteiger partial charge in [-0.2, -0.15) is 0 Å². The summed E-state index contributed by atoms with van der Waals surface area (Å²) in [5.74, 6) is 0. The minimum atomic E-state index is 0.957. The van der Waals surface area contributed by atoms with Gasteiger partial charge in [0.2, 0.25) is 0 Å². The molecule has 0 fully saturated rings. The summed E-state index contributed by atoms with van der Waals surface area (Å²) in [6, 6.07) is 16.7. The molecule has 0 N–H and O–H groups in total. The molecule has 1 nitrogen and oxygen atoms in total. The lowest BCUT2D eigenvalue weighted by molar-refractivity contribution is 0.672. The molecule has 19 heavy (non-hydrogen) atoms. The summed E-state index contributed by atoms with van der Waals surface area (Å²) in [6.07, 6.45) is 0. The van der Waals surface area contributed by atoms with Gasteiger partial charge in [-0.1, -0.05) is 52.3 Å². The van der Waals surface area contributed by atoms with Gasteiger partial charge >= 0.3 is 0 Å². The first-order chi connectivity index (χ1) is 9.25. The quantitative estimate of drug-likeness (QED) is 0.399. The molecule has 0 aliphatic heterocycles. The Morgan fingerprint density at radius 2 is 1.68 bits per heavy atom. The van der Waals surface area contributed by atoms with Crippen LogP contribution in [0, 0.1) is 6.92 Å². The number of hydrogen-bond donors (Lipinski definition) is 0. The Hall–Kier alpha value is -1.80. The zero-order chi connectivity index (χ0) is 13.0. The van der Waals surface area contributed by atoms with Crippen molar-refractivity contribution in [3.05, 3.63) is 58.6 Å². The standard InChI is InChI=1S/C17H11BrO/c1-10-5-4-8-15-16(10)13-9-14(18)11-6-2-3-7-12(11)17(13)19-15/h2-9H,1H3. The monoisotopic (exact) mass is 310 g/mol. The molecule has 92 valence electrons. The highest BCUT2D eigenvalue weighted by Gasteiger charge is 2.13. The van der Waals surface area contributed by atoms with Crippen molar-refractivity contribution in [1.82, 2.24) is 0 Å². The van der Waals surface area contributed by atoms with E-state index in [1.165, 1.54) is 21.7 Å². The summed E-state index contributed by atoms with van der Waals surface area (Å²) in [5, 5.41) is 4.73. The van der Waals surface area contributed by atoms with Crippen LogP contribution in [0.2, 0.25) is 0 Å². The minimum absolute atomic E-state index is 0.957. The molecule has 0 aliphatic carbocycles. The van der Waals surface area contributed by atoms with E-state index in [9.17, 15) is 0 Å². The lowest BCUT2D eigenvalue weighted by atomic mass is 10.0. The molecule has 0 bridgehead atoms. The summed E-state index contributed by atoms with van der Waals surface area (Å²) in [6.45, 7) is 2.13. The van der Waals surface area contributed by atoms with Gasteiger partial charge in [-0.25, -0.2) is 0 Å². The van der Waals surface area contributed by atoms with Crippen molar-refractivity contribution in [3.63, 3.8) is 0 Å². The van der Waals surface area contributed by atoms with Crippen LogP contribution in [0.1, 0.15) is 5.56 Å². The van der Waals surface area contributed by atoms with Crippen LogP contribution in [0.3, 0.4) is 0 Å². The Morgan fingerprint density at radius 1 is 0.895 bits per heavy atom. The first-order valence-corrected chi connectivity index (χ1v) is 7.04. The van der Waals surface area contributed by atoms with E-state index in [2.05, 4.69) is 47.1 Å². The molecule has 0 aliphatic rings. The second-order valence-electron chi connectivity index (χ2n) is 4.83. The van der Waals surface area contributed by atoms with Crippen molar-refractivity contribution in [2.24, 2.45) is 0 Å². The van der Waals surface area contributed by atoms with E-state index in [1.54, 1.807) is 0 Å². The number of rotatable bonds is 0. The Bertz CT molecular complexity index is 934. The molecule has 0 atom stereocenters. The molecule has 2 heteroatoms. The number of hydrogen-bond acceptors (Lipinski definition) is 1. The predicted octanol–water partition coefficient (Wildman–Crippen LogP) is 5.81. The molecule has 1 aromatic heterocycles. The summed E-state index contributed by atoms with van der Waals surface area (Å²) in [4.78, 5) is 0. The van der Waals surface area contributed by atoms with E-state index >= 15 is 0 Å². The Kier molecular flexibility index (Phi) is 2.24. The van der Waals surface area contributed by atoms with Gasteiger partial charge in [0.05, 0.1) is 0 Å². The van der Waals surface area contributed by atoms with E-state index in [4.69, 9.17) is 4.42 Å². The maximum Gasteiger partial charge on any atom is 0.143 e. The van der Waals surface area contributed by atoms with Gasteiger partial charge in [-0.15, -0.1) is 0 Å². The molecular formula is C17H11BrO. The van der Waals surface area contributed by atoms with Crippen LogP contribution < -0.4 is 0 Å². The number of halogens is 1. The van der Waals surface area contributed by atoms with Crippen molar-refractivity contribution in [1.29, 1.82) is 0 Å². The fraction of sp³-hybridized carbons (Fsp3) is 0.0588. The van der Waals surface area contributed by atoms with Crippen molar-refractivity contribution >= 4 is 48.6 Å². The second kappa shape index (κ2) is 3.84. The van der Waals surface area contributed by atoms with Crippen molar-refractivity contribution in [2.45, 2.75) is 6.92 Å². The van der Waals surface area contributed by atoms with Crippen LogP contribution in [0.15, 0.2) is 57.4 Å². The lowest BCUT2D eigenvalue weighted by Gasteiger charge is -2.01. The number of fused-ring (bicyclic) bond motifs is 5. The lowest BCUT2D eigenvalue weighted by Crippen LogP contribution is -1.77. The van der Waals surface area contributed by atoms with Crippen LogP contribution in [0.5, 0.6) is 0 Å². The molecule has 0 spiro atoms. The van der Waals surface area contributed by atoms with Crippen molar-refractivity contribution < 1.29 is 4.42 Å². The van der Waals surface area contributed by atoms with Crippen LogP contribution in [-0.2, 0) is 0 Å². The Balaban J connectivity index is 2.37. The fourth-order valence-corrected chi connectivity index (χ4v) is 3.36. The van der Waals surface area contributed by atoms with E-state index in [1.807, 2.05) is 24.3 Å². The first kappa shape index (κ1) is 11.1. The molecule has 1 heterocycles. The van der Waals surface area contributed by atoms with Crippen molar-refractivity contribution in [3.8, 4) is 0 Å². The van der Waals surface area contributed by atoms with Gasteiger partial charge in [0.15, 0.2) is 0 Å². The largest absolute Gasteiger partial charge is 0.455 e. The smallest absolute Gasteiger partial charge is 0.143 e. The summed E-state index contributed by atoms with van der Waals surface area (Å²) in [7, 11) is 0. The van der Waals surface area contributed by atoms with E-state index in [-0.39, 0.29) is 0 Å². The number of furan rings is 1. The average molecular weight is 311 g/mol. The van der Waals surface area contributed by atoms with Gasteiger partial charge in [0.25, 0.3) is 0 Å². The molecular weight excluding hydrogens is 300 g/mol.